The summed E-state index contributed by atoms with van der Waals surface area (Å²) in [6.07, 6.45) is 1.78. The number of thiophene rings is 1. The lowest BCUT2D eigenvalue weighted by Crippen LogP contribution is -2.48. The number of carbonyl (C=O) groups excluding carboxylic acids is 1. The second-order valence-corrected chi connectivity index (χ2v) is 6.98. The molecular formula is C19H19N3O2S. The third-order valence-corrected chi connectivity index (χ3v) is 5.22. The van der Waals surface area contributed by atoms with Gasteiger partial charge in [-0.3, -0.25) is 9.69 Å². The van der Waals surface area contributed by atoms with Crippen molar-refractivity contribution in [1.29, 1.82) is 0 Å². The van der Waals surface area contributed by atoms with Gasteiger partial charge in [0.1, 0.15) is 0 Å². The van der Waals surface area contributed by atoms with E-state index in [1.54, 1.807) is 6.20 Å². The molecule has 0 bridgehead atoms. The van der Waals surface area contributed by atoms with Gasteiger partial charge >= 0.3 is 0 Å². The molecule has 1 fully saturated rings. The summed E-state index contributed by atoms with van der Waals surface area (Å²) >= 11 is 1.50. The van der Waals surface area contributed by atoms with Gasteiger partial charge in [0.25, 0.3) is 5.91 Å². The third kappa shape index (κ3) is 3.65. The predicted molar refractivity (Wildman–Crippen MR) is 97.4 cm³/mol. The van der Waals surface area contributed by atoms with Crippen molar-refractivity contribution in [1.82, 2.24) is 14.8 Å². The molecule has 6 heteroatoms. The van der Waals surface area contributed by atoms with Crippen molar-refractivity contribution in [3.63, 3.8) is 0 Å². The van der Waals surface area contributed by atoms with E-state index in [2.05, 4.69) is 9.88 Å². The summed E-state index contributed by atoms with van der Waals surface area (Å²) in [5.41, 5.74) is 1.03. The molecule has 1 aliphatic rings. The molecule has 4 rings (SSSR count). The Kier molecular flexibility index (Phi) is 4.63. The van der Waals surface area contributed by atoms with E-state index in [-0.39, 0.29) is 5.91 Å². The van der Waals surface area contributed by atoms with E-state index in [9.17, 15) is 4.79 Å². The quantitative estimate of drug-likeness (QED) is 0.722. The molecule has 0 N–H and O–H groups in total. The standard InChI is InChI=1S/C19H19N3O2S/c23-19(17-7-4-12-25-17)22-10-8-21(9-11-22)14-18-20-13-16(24-18)15-5-2-1-3-6-15/h1-7,12-13H,8-11,14H2. The number of oxazole rings is 1. The van der Waals surface area contributed by atoms with E-state index in [0.29, 0.717) is 6.54 Å². The van der Waals surface area contributed by atoms with Crippen LogP contribution < -0.4 is 0 Å². The first-order valence-electron chi connectivity index (χ1n) is 8.35. The molecule has 1 aliphatic heterocycles. The third-order valence-electron chi connectivity index (χ3n) is 4.36. The van der Waals surface area contributed by atoms with Gasteiger partial charge in [0.05, 0.1) is 17.6 Å². The van der Waals surface area contributed by atoms with E-state index < -0.39 is 0 Å². The van der Waals surface area contributed by atoms with Gasteiger partial charge < -0.3 is 9.32 Å². The van der Waals surface area contributed by atoms with Gasteiger partial charge in [0.15, 0.2) is 5.76 Å². The van der Waals surface area contributed by atoms with Gasteiger partial charge in [-0.25, -0.2) is 4.98 Å². The van der Waals surface area contributed by atoms with Gasteiger partial charge in [-0.05, 0) is 11.4 Å². The molecule has 0 radical (unpaired) electrons. The first-order chi connectivity index (χ1) is 12.3. The smallest absolute Gasteiger partial charge is 0.264 e. The van der Waals surface area contributed by atoms with Crippen molar-refractivity contribution in [2.75, 3.05) is 26.2 Å². The Balaban J connectivity index is 1.33. The fourth-order valence-electron chi connectivity index (χ4n) is 2.98. The van der Waals surface area contributed by atoms with Crippen molar-refractivity contribution in [3.05, 3.63) is 64.8 Å². The number of amides is 1. The van der Waals surface area contributed by atoms with Crippen molar-refractivity contribution in [2.45, 2.75) is 6.54 Å². The summed E-state index contributed by atoms with van der Waals surface area (Å²) in [7, 11) is 0. The van der Waals surface area contributed by atoms with Gasteiger partial charge in [0.2, 0.25) is 5.89 Å². The maximum atomic E-state index is 12.4. The molecule has 128 valence electrons. The van der Waals surface area contributed by atoms with E-state index in [1.165, 1.54) is 11.3 Å². The number of rotatable bonds is 4. The minimum atomic E-state index is 0.136. The molecule has 0 atom stereocenters. The van der Waals surface area contributed by atoms with Gasteiger partial charge in [-0.2, -0.15) is 0 Å². The highest BCUT2D eigenvalue weighted by atomic mass is 32.1. The first-order valence-corrected chi connectivity index (χ1v) is 9.23. The highest BCUT2D eigenvalue weighted by molar-refractivity contribution is 7.12. The van der Waals surface area contributed by atoms with Crippen molar-refractivity contribution < 1.29 is 9.21 Å². The van der Waals surface area contributed by atoms with Crippen LogP contribution in [-0.4, -0.2) is 46.9 Å². The van der Waals surface area contributed by atoms with Crippen LogP contribution in [0.3, 0.4) is 0 Å². The lowest BCUT2D eigenvalue weighted by molar-refractivity contribution is 0.0623. The Morgan fingerprint density at radius 3 is 2.60 bits per heavy atom. The average Bonchev–Trinajstić information content (AvgIpc) is 3.35. The Labute approximate surface area is 150 Å². The minimum absolute atomic E-state index is 0.136. The van der Waals surface area contributed by atoms with Crippen LogP contribution >= 0.6 is 11.3 Å². The number of hydrogen-bond acceptors (Lipinski definition) is 5. The highest BCUT2D eigenvalue weighted by Crippen LogP contribution is 2.21. The monoisotopic (exact) mass is 353 g/mol. The fraction of sp³-hybridized carbons (Fsp3) is 0.263. The van der Waals surface area contributed by atoms with Gasteiger partial charge in [0, 0.05) is 31.7 Å². The zero-order valence-electron chi connectivity index (χ0n) is 13.8. The molecule has 1 saturated heterocycles. The first kappa shape index (κ1) is 16.1. The number of hydrogen-bond donors (Lipinski definition) is 0. The summed E-state index contributed by atoms with van der Waals surface area (Å²) < 4.78 is 5.87. The maximum Gasteiger partial charge on any atom is 0.264 e. The number of aromatic nitrogens is 1. The largest absolute Gasteiger partial charge is 0.439 e. The van der Waals surface area contributed by atoms with Gasteiger partial charge in [-0.15, -0.1) is 11.3 Å². The summed E-state index contributed by atoms with van der Waals surface area (Å²) in [5.74, 6) is 1.65. The molecule has 3 heterocycles. The molecule has 1 aromatic carbocycles. The molecular weight excluding hydrogens is 334 g/mol. The van der Waals surface area contributed by atoms with Crippen molar-refractivity contribution >= 4 is 17.2 Å². The Morgan fingerprint density at radius 2 is 1.88 bits per heavy atom. The molecule has 25 heavy (non-hydrogen) atoms. The minimum Gasteiger partial charge on any atom is -0.439 e. The summed E-state index contributed by atoms with van der Waals surface area (Å²) in [4.78, 5) is 21.8. The van der Waals surface area contributed by atoms with Crippen LogP contribution in [0.15, 0.2) is 58.5 Å². The van der Waals surface area contributed by atoms with E-state index in [0.717, 1.165) is 48.3 Å². The maximum absolute atomic E-state index is 12.4. The molecule has 0 unspecified atom stereocenters. The number of piperazine rings is 1. The van der Waals surface area contributed by atoms with Crippen LogP contribution in [0.5, 0.6) is 0 Å². The number of carbonyl (C=O) groups is 1. The zero-order chi connectivity index (χ0) is 17.1. The summed E-state index contributed by atoms with van der Waals surface area (Å²) in [6.45, 7) is 3.82. The van der Waals surface area contributed by atoms with Crippen LogP contribution in [0.4, 0.5) is 0 Å². The fourth-order valence-corrected chi connectivity index (χ4v) is 3.67. The van der Waals surface area contributed by atoms with Gasteiger partial charge in [-0.1, -0.05) is 36.4 Å². The molecule has 3 aromatic rings. The normalized spacial score (nSPS) is 15.4. The lowest BCUT2D eigenvalue weighted by Gasteiger charge is -2.33. The molecule has 0 spiro atoms. The Hall–Kier alpha value is -2.44. The SMILES string of the molecule is O=C(c1cccs1)N1CCN(Cc2ncc(-c3ccccc3)o2)CC1. The zero-order valence-corrected chi connectivity index (χ0v) is 14.6. The highest BCUT2D eigenvalue weighted by Gasteiger charge is 2.23. The lowest BCUT2D eigenvalue weighted by atomic mass is 10.2. The molecule has 1 amide bonds. The average molecular weight is 353 g/mol. The number of benzene rings is 1. The van der Waals surface area contributed by atoms with E-state index in [1.807, 2.05) is 52.7 Å². The van der Waals surface area contributed by atoms with Crippen LogP contribution in [0.2, 0.25) is 0 Å². The van der Waals surface area contributed by atoms with Crippen molar-refractivity contribution in [2.24, 2.45) is 0 Å². The topological polar surface area (TPSA) is 49.6 Å². The van der Waals surface area contributed by atoms with Crippen LogP contribution in [-0.2, 0) is 6.54 Å². The van der Waals surface area contributed by atoms with Crippen LogP contribution in [0, 0.1) is 0 Å². The van der Waals surface area contributed by atoms with Crippen LogP contribution in [0.1, 0.15) is 15.6 Å². The number of nitrogens with zero attached hydrogens (tertiary/aromatic N) is 3. The van der Waals surface area contributed by atoms with Crippen molar-refractivity contribution in [3.8, 4) is 11.3 Å². The molecule has 2 aromatic heterocycles. The molecule has 0 saturated carbocycles. The van der Waals surface area contributed by atoms with E-state index >= 15 is 0 Å². The molecule has 5 nitrogen and oxygen atoms in total. The Morgan fingerprint density at radius 1 is 1.08 bits per heavy atom. The Bertz CT molecular complexity index is 821. The summed E-state index contributed by atoms with van der Waals surface area (Å²) in [5, 5.41) is 1.94. The van der Waals surface area contributed by atoms with E-state index in [4.69, 9.17) is 4.42 Å². The predicted octanol–water partition coefficient (Wildman–Crippen LogP) is 3.36. The summed E-state index contributed by atoms with van der Waals surface area (Å²) in [6, 6.07) is 13.8. The second kappa shape index (κ2) is 7.21. The molecule has 0 aliphatic carbocycles. The second-order valence-electron chi connectivity index (χ2n) is 6.03. The van der Waals surface area contributed by atoms with Crippen LogP contribution in [0.25, 0.3) is 11.3 Å².